The molecule has 1 rings (SSSR count). The van der Waals surface area contributed by atoms with Crippen LogP contribution >= 0.6 is 0 Å². The fourth-order valence-electron chi connectivity index (χ4n) is 1.40. The Morgan fingerprint density at radius 1 is 1.38 bits per heavy atom. The number of carbonyl (C=O) groups excluding carboxylic acids is 1. The predicted octanol–water partition coefficient (Wildman–Crippen LogP) is 3.30. The van der Waals surface area contributed by atoms with Gasteiger partial charge in [-0.15, -0.1) is 0 Å². The van der Waals surface area contributed by atoms with Gasteiger partial charge in [-0.25, -0.2) is 4.79 Å². The highest BCUT2D eigenvalue weighted by atomic mass is 16.5. The smallest absolute Gasteiger partial charge is 0.333 e. The second kappa shape index (κ2) is 6.11. The number of rotatable bonds is 5. The summed E-state index contributed by atoms with van der Waals surface area (Å²) in [4.78, 5) is 11.1. The fraction of sp³-hybridized carbons (Fsp3) is 0.357. The van der Waals surface area contributed by atoms with E-state index < -0.39 is 0 Å². The predicted molar refractivity (Wildman–Crippen MR) is 65.2 cm³/mol. The number of hydrogen-bond acceptors (Lipinski definition) is 2. The van der Waals surface area contributed by atoms with Crippen molar-refractivity contribution in [1.29, 1.82) is 0 Å². The lowest BCUT2D eigenvalue weighted by atomic mass is 9.98. The summed E-state index contributed by atoms with van der Waals surface area (Å²) in [5, 5.41) is 0. The van der Waals surface area contributed by atoms with Crippen molar-refractivity contribution in [2.24, 2.45) is 0 Å². The largest absolute Gasteiger partial charge is 0.462 e. The van der Waals surface area contributed by atoms with Gasteiger partial charge in [0.05, 0.1) is 6.61 Å². The Kier molecular flexibility index (Phi) is 4.77. The summed E-state index contributed by atoms with van der Waals surface area (Å²) in [6.07, 6.45) is 0.836. The van der Waals surface area contributed by atoms with Crippen molar-refractivity contribution in [1.82, 2.24) is 0 Å². The Morgan fingerprint density at radius 2 is 2.00 bits per heavy atom. The number of esters is 1. The molecule has 0 amide bonds. The van der Waals surface area contributed by atoms with Gasteiger partial charge in [0, 0.05) is 5.57 Å². The monoisotopic (exact) mass is 218 g/mol. The van der Waals surface area contributed by atoms with Crippen molar-refractivity contribution < 1.29 is 9.53 Å². The highest BCUT2D eigenvalue weighted by molar-refractivity contribution is 5.86. The van der Waals surface area contributed by atoms with E-state index in [-0.39, 0.29) is 5.97 Å². The van der Waals surface area contributed by atoms with Gasteiger partial charge in [-0.2, -0.15) is 0 Å². The summed E-state index contributed by atoms with van der Waals surface area (Å²) in [6, 6.07) is 10.2. The van der Waals surface area contributed by atoms with E-state index in [2.05, 4.69) is 25.6 Å². The minimum absolute atomic E-state index is 0.305. The molecule has 0 N–H and O–H groups in total. The van der Waals surface area contributed by atoms with Crippen molar-refractivity contribution in [3.8, 4) is 0 Å². The molecule has 1 atom stereocenters. The number of benzene rings is 1. The van der Waals surface area contributed by atoms with Gasteiger partial charge in [-0.05, 0) is 24.8 Å². The molecule has 0 aliphatic carbocycles. The summed E-state index contributed by atoms with van der Waals surface area (Å²) >= 11 is 0. The van der Waals surface area contributed by atoms with Crippen LogP contribution in [0, 0.1) is 0 Å². The van der Waals surface area contributed by atoms with E-state index in [0.29, 0.717) is 18.1 Å². The first-order valence-electron chi connectivity index (χ1n) is 5.49. The van der Waals surface area contributed by atoms with Gasteiger partial charge in [0.15, 0.2) is 0 Å². The summed E-state index contributed by atoms with van der Waals surface area (Å²) < 4.78 is 5.06. The molecule has 1 aromatic rings. The van der Waals surface area contributed by atoms with Crippen LogP contribution < -0.4 is 0 Å². The Hall–Kier alpha value is -1.57. The molecule has 0 aromatic heterocycles. The van der Waals surface area contributed by atoms with Crippen LogP contribution in [0.2, 0.25) is 0 Å². The first kappa shape index (κ1) is 12.5. The van der Waals surface area contributed by atoms with Gasteiger partial charge in [-0.1, -0.05) is 43.8 Å². The second-order valence-corrected chi connectivity index (χ2v) is 4.02. The average molecular weight is 218 g/mol. The van der Waals surface area contributed by atoms with Crippen LogP contribution in [0.4, 0.5) is 0 Å². The van der Waals surface area contributed by atoms with Gasteiger partial charge >= 0.3 is 5.97 Å². The lowest BCUT2D eigenvalue weighted by Gasteiger charge is -2.11. The minimum atomic E-state index is -0.305. The van der Waals surface area contributed by atoms with Crippen LogP contribution in [0.25, 0.3) is 0 Å². The molecule has 0 saturated heterocycles. The van der Waals surface area contributed by atoms with Crippen LogP contribution in [0.15, 0.2) is 42.5 Å². The molecule has 0 heterocycles. The maximum atomic E-state index is 11.1. The van der Waals surface area contributed by atoms with Gasteiger partial charge in [0.1, 0.15) is 0 Å². The molecule has 0 unspecified atom stereocenters. The first-order valence-corrected chi connectivity index (χ1v) is 5.49. The van der Waals surface area contributed by atoms with Gasteiger partial charge < -0.3 is 4.74 Å². The van der Waals surface area contributed by atoms with E-state index >= 15 is 0 Å². The van der Waals surface area contributed by atoms with E-state index in [0.717, 1.165) is 6.42 Å². The molecule has 1 aromatic carbocycles. The Bertz CT molecular complexity index is 354. The molecule has 0 saturated carbocycles. The van der Waals surface area contributed by atoms with Crippen molar-refractivity contribution in [2.45, 2.75) is 26.2 Å². The normalized spacial score (nSPS) is 11.9. The zero-order chi connectivity index (χ0) is 12.0. The second-order valence-electron chi connectivity index (χ2n) is 4.02. The third-order valence-electron chi connectivity index (χ3n) is 2.50. The number of carbonyl (C=O) groups is 1. The molecule has 0 spiro atoms. The lowest BCUT2D eigenvalue weighted by molar-refractivity contribution is -0.139. The van der Waals surface area contributed by atoms with E-state index in [1.165, 1.54) is 5.56 Å². The Labute approximate surface area is 96.9 Å². The van der Waals surface area contributed by atoms with Crippen LogP contribution in [-0.2, 0) is 9.53 Å². The molecule has 0 radical (unpaired) electrons. The molecule has 0 aliphatic heterocycles. The maximum absolute atomic E-state index is 11.1. The van der Waals surface area contributed by atoms with Crippen molar-refractivity contribution >= 4 is 5.97 Å². The maximum Gasteiger partial charge on any atom is 0.333 e. The first-order chi connectivity index (χ1) is 7.61. The quantitative estimate of drug-likeness (QED) is 0.560. The molecular formula is C14H18O2. The van der Waals surface area contributed by atoms with Crippen molar-refractivity contribution in [2.75, 3.05) is 6.61 Å². The minimum Gasteiger partial charge on any atom is -0.462 e. The van der Waals surface area contributed by atoms with Crippen molar-refractivity contribution in [3.63, 3.8) is 0 Å². The topological polar surface area (TPSA) is 26.3 Å². The van der Waals surface area contributed by atoms with E-state index in [4.69, 9.17) is 4.74 Å². The highest BCUT2D eigenvalue weighted by Gasteiger charge is 2.07. The summed E-state index contributed by atoms with van der Waals surface area (Å²) in [7, 11) is 0. The van der Waals surface area contributed by atoms with Crippen LogP contribution in [0.5, 0.6) is 0 Å². The van der Waals surface area contributed by atoms with Crippen LogP contribution in [0.3, 0.4) is 0 Å². The zero-order valence-corrected chi connectivity index (χ0v) is 9.90. The summed E-state index contributed by atoms with van der Waals surface area (Å²) in [6.45, 7) is 7.77. The SMILES string of the molecule is C=C(C)C(=O)OCC[C@H](C)c1ccccc1. The van der Waals surface area contributed by atoms with Gasteiger partial charge in [0.2, 0.25) is 0 Å². The molecule has 2 heteroatoms. The lowest BCUT2D eigenvalue weighted by Crippen LogP contribution is -2.08. The molecule has 16 heavy (non-hydrogen) atoms. The summed E-state index contributed by atoms with van der Waals surface area (Å²) in [5.74, 6) is 0.0967. The molecule has 86 valence electrons. The number of ether oxygens (including phenoxy) is 1. The van der Waals surface area contributed by atoms with E-state index in [9.17, 15) is 4.79 Å². The third-order valence-corrected chi connectivity index (χ3v) is 2.50. The third kappa shape index (κ3) is 3.89. The van der Waals surface area contributed by atoms with Crippen molar-refractivity contribution in [3.05, 3.63) is 48.0 Å². The Balaban J connectivity index is 2.34. The highest BCUT2D eigenvalue weighted by Crippen LogP contribution is 2.18. The number of hydrogen-bond donors (Lipinski definition) is 0. The average Bonchev–Trinajstić information content (AvgIpc) is 2.29. The fourth-order valence-corrected chi connectivity index (χ4v) is 1.40. The standard InChI is InChI=1S/C14H18O2/c1-11(2)14(15)16-10-9-12(3)13-7-5-4-6-8-13/h4-8,12H,1,9-10H2,2-3H3/t12-/m0/s1. The molecule has 0 bridgehead atoms. The molecule has 2 nitrogen and oxygen atoms in total. The van der Waals surface area contributed by atoms with Crippen LogP contribution in [0.1, 0.15) is 31.7 Å². The van der Waals surface area contributed by atoms with E-state index in [1.807, 2.05) is 18.2 Å². The van der Waals surface area contributed by atoms with Gasteiger partial charge in [-0.3, -0.25) is 0 Å². The molecule has 0 fully saturated rings. The molecule has 0 aliphatic rings. The van der Waals surface area contributed by atoms with Crippen LogP contribution in [-0.4, -0.2) is 12.6 Å². The molecular weight excluding hydrogens is 200 g/mol. The van der Waals surface area contributed by atoms with E-state index in [1.54, 1.807) is 6.92 Å². The zero-order valence-electron chi connectivity index (χ0n) is 9.90. The Morgan fingerprint density at radius 3 is 2.56 bits per heavy atom. The van der Waals surface area contributed by atoms with Gasteiger partial charge in [0.25, 0.3) is 0 Å². The summed E-state index contributed by atoms with van der Waals surface area (Å²) in [5.41, 5.74) is 1.72.